The van der Waals surface area contributed by atoms with Crippen LogP contribution in [-0.4, -0.2) is 27.0 Å². The van der Waals surface area contributed by atoms with Crippen molar-refractivity contribution in [2.75, 3.05) is 12.8 Å². The zero-order valence-corrected chi connectivity index (χ0v) is 9.40. The van der Waals surface area contributed by atoms with Gasteiger partial charge in [-0.25, -0.2) is 15.0 Å². The highest BCUT2D eigenvalue weighted by atomic mass is 16.6. The average molecular weight is 247 g/mol. The molecular formula is C10H9N5O3. The number of nitrogens with zero attached hydrogens (tertiary/aromatic N) is 4. The van der Waals surface area contributed by atoms with Crippen molar-refractivity contribution in [1.29, 1.82) is 0 Å². The Morgan fingerprint density at radius 3 is 2.72 bits per heavy atom. The highest BCUT2D eigenvalue weighted by molar-refractivity contribution is 5.65. The Balaban J connectivity index is 2.60. The van der Waals surface area contributed by atoms with Crippen LogP contribution in [0.15, 0.2) is 24.5 Å². The summed E-state index contributed by atoms with van der Waals surface area (Å²) in [6.07, 6.45) is 2.89. The molecule has 0 unspecified atom stereocenters. The summed E-state index contributed by atoms with van der Waals surface area (Å²) < 4.78 is 5.02. The maximum atomic E-state index is 10.7. The number of nitrogens with two attached hydrogens (primary N) is 1. The number of ether oxygens (including phenoxy) is 1. The Labute approximate surface area is 102 Å². The van der Waals surface area contributed by atoms with Crippen LogP contribution in [0.4, 0.5) is 11.5 Å². The summed E-state index contributed by atoms with van der Waals surface area (Å²) in [6.45, 7) is 0. The van der Waals surface area contributed by atoms with E-state index >= 15 is 0 Å². The van der Waals surface area contributed by atoms with E-state index in [9.17, 15) is 10.1 Å². The molecule has 2 rings (SSSR count). The topological polar surface area (TPSA) is 117 Å². The van der Waals surface area contributed by atoms with Crippen LogP contribution in [0.5, 0.6) is 5.88 Å². The molecule has 8 heteroatoms. The minimum Gasteiger partial charge on any atom is -0.479 e. The normalized spacial score (nSPS) is 10.1. The minimum atomic E-state index is -0.551. The molecule has 0 atom stereocenters. The van der Waals surface area contributed by atoms with Gasteiger partial charge in [0.2, 0.25) is 5.88 Å². The van der Waals surface area contributed by atoms with Crippen LogP contribution in [-0.2, 0) is 0 Å². The summed E-state index contributed by atoms with van der Waals surface area (Å²) in [7, 11) is 1.42. The van der Waals surface area contributed by atoms with Crippen LogP contribution in [0.3, 0.4) is 0 Å². The number of anilines is 1. The molecule has 0 aliphatic heterocycles. The number of pyridine rings is 1. The number of aromatic nitrogens is 3. The highest BCUT2D eigenvalue weighted by Gasteiger charge is 2.15. The lowest BCUT2D eigenvalue weighted by atomic mass is 10.2. The largest absolute Gasteiger partial charge is 0.479 e. The molecule has 0 saturated heterocycles. The number of nitro groups is 1. The predicted octanol–water partition coefficient (Wildman–Crippen LogP) is 1.04. The zero-order chi connectivity index (χ0) is 13.1. The number of nitrogen functional groups attached to an aromatic ring is 1. The summed E-state index contributed by atoms with van der Waals surface area (Å²) in [4.78, 5) is 22.2. The average Bonchev–Trinajstić information content (AvgIpc) is 2.38. The summed E-state index contributed by atoms with van der Waals surface area (Å²) in [5, 5.41) is 10.7. The van der Waals surface area contributed by atoms with E-state index in [-0.39, 0.29) is 23.1 Å². The number of rotatable bonds is 3. The Kier molecular flexibility index (Phi) is 3.00. The van der Waals surface area contributed by atoms with E-state index in [1.165, 1.54) is 31.6 Å². The lowest BCUT2D eigenvalue weighted by Crippen LogP contribution is -2.00. The van der Waals surface area contributed by atoms with Crippen LogP contribution in [0.1, 0.15) is 0 Å². The molecule has 0 spiro atoms. The fourth-order valence-corrected chi connectivity index (χ4v) is 1.41. The molecular weight excluding hydrogens is 238 g/mol. The first-order valence-electron chi connectivity index (χ1n) is 4.89. The summed E-state index contributed by atoms with van der Waals surface area (Å²) >= 11 is 0. The zero-order valence-electron chi connectivity index (χ0n) is 9.40. The third-order valence-corrected chi connectivity index (χ3v) is 2.14. The molecule has 0 saturated carbocycles. The Bertz CT molecular complexity index is 602. The smallest absolute Gasteiger partial charge is 0.275 e. The van der Waals surface area contributed by atoms with Crippen molar-refractivity contribution in [2.24, 2.45) is 0 Å². The molecule has 2 aromatic heterocycles. The number of hydrogen-bond donors (Lipinski definition) is 1. The van der Waals surface area contributed by atoms with Gasteiger partial charge >= 0.3 is 0 Å². The van der Waals surface area contributed by atoms with Crippen LogP contribution in [0, 0.1) is 10.1 Å². The van der Waals surface area contributed by atoms with Crippen LogP contribution < -0.4 is 10.5 Å². The Hall–Kier alpha value is -2.77. The second-order valence-electron chi connectivity index (χ2n) is 3.31. The van der Waals surface area contributed by atoms with Crippen molar-refractivity contribution in [3.05, 3.63) is 34.6 Å². The first kappa shape index (κ1) is 11.7. The molecule has 2 aromatic rings. The number of hydrogen-bond acceptors (Lipinski definition) is 7. The molecule has 0 amide bonds. The second kappa shape index (κ2) is 4.62. The molecule has 2 N–H and O–H groups in total. The molecule has 0 bridgehead atoms. The van der Waals surface area contributed by atoms with Gasteiger partial charge < -0.3 is 10.5 Å². The van der Waals surface area contributed by atoms with E-state index in [1.54, 1.807) is 0 Å². The van der Waals surface area contributed by atoms with Gasteiger partial charge in [-0.3, -0.25) is 10.1 Å². The quantitative estimate of drug-likeness (QED) is 0.635. The van der Waals surface area contributed by atoms with E-state index in [0.29, 0.717) is 5.69 Å². The van der Waals surface area contributed by atoms with Crippen molar-refractivity contribution < 1.29 is 9.66 Å². The SMILES string of the molecule is COc1nccnc1-c1cc([N+](=O)[O-])cc(N)n1. The lowest BCUT2D eigenvalue weighted by molar-refractivity contribution is -0.384. The monoisotopic (exact) mass is 247 g/mol. The fourth-order valence-electron chi connectivity index (χ4n) is 1.41. The van der Waals surface area contributed by atoms with Gasteiger partial charge in [0, 0.05) is 18.5 Å². The van der Waals surface area contributed by atoms with E-state index < -0.39 is 4.92 Å². The third kappa shape index (κ3) is 2.17. The maximum absolute atomic E-state index is 10.7. The third-order valence-electron chi connectivity index (χ3n) is 2.14. The summed E-state index contributed by atoms with van der Waals surface area (Å²) in [6, 6.07) is 2.44. The fraction of sp³-hybridized carbons (Fsp3) is 0.100. The summed E-state index contributed by atoms with van der Waals surface area (Å²) in [5.74, 6) is 0.261. The molecule has 0 aliphatic rings. The molecule has 2 heterocycles. The van der Waals surface area contributed by atoms with Crippen molar-refractivity contribution in [1.82, 2.24) is 15.0 Å². The Morgan fingerprint density at radius 2 is 2.06 bits per heavy atom. The molecule has 18 heavy (non-hydrogen) atoms. The Morgan fingerprint density at radius 1 is 1.33 bits per heavy atom. The van der Waals surface area contributed by atoms with Gasteiger partial charge in [-0.15, -0.1) is 0 Å². The first-order valence-corrected chi connectivity index (χ1v) is 4.89. The van der Waals surface area contributed by atoms with Crippen LogP contribution in [0.2, 0.25) is 0 Å². The summed E-state index contributed by atoms with van der Waals surface area (Å²) in [5.41, 5.74) is 5.90. The standard InChI is InChI=1S/C10H9N5O3/c1-18-10-9(12-2-3-13-10)7-4-6(15(16)17)5-8(11)14-7/h2-5H,1H3,(H2,11,14). The van der Waals surface area contributed by atoms with Crippen molar-refractivity contribution in [3.8, 4) is 17.3 Å². The van der Waals surface area contributed by atoms with E-state index in [4.69, 9.17) is 10.5 Å². The number of methoxy groups -OCH3 is 1. The maximum Gasteiger partial charge on any atom is 0.275 e. The van der Waals surface area contributed by atoms with Gasteiger partial charge in [0.15, 0.2) is 5.69 Å². The predicted molar refractivity (Wildman–Crippen MR) is 62.9 cm³/mol. The molecule has 0 aromatic carbocycles. The van der Waals surface area contributed by atoms with E-state index in [2.05, 4.69) is 15.0 Å². The van der Waals surface area contributed by atoms with Crippen LogP contribution >= 0.6 is 0 Å². The van der Waals surface area contributed by atoms with Gasteiger partial charge in [-0.05, 0) is 0 Å². The molecule has 0 aliphatic carbocycles. The van der Waals surface area contributed by atoms with Crippen molar-refractivity contribution >= 4 is 11.5 Å². The first-order chi connectivity index (χ1) is 8.61. The van der Waals surface area contributed by atoms with Crippen LogP contribution in [0.25, 0.3) is 11.4 Å². The van der Waals surface area contributed by atoms with Crippen molar-refractivity contribution in [3.63, 3.8) is 0 Å². The highest BCUT2D eigenvalue weighted by Crippen LogP contribution is 2.27. The van der Waals surface area contributed by atoms with E-state index in [1.807, 2.05) is 0 Å². The van der Waals surface area contributed by atoms with Gasteiger partial charge in [-0.1, -0.05) is 0 Å². The molecule has 92 valence electrons. The molecule has 0 fully saturated rings. The van der Waals surface area contributed by atoms with Crippen molar-refractivity contribution in [2.45, 2.75) is 0 Å². The van der Waals surface area contributed by atoms with Gasteiger partial charge in [0.1, 0.15) is 11.5 Å². The minimum absolute atomic E-state index is 0.0342. The second-order valence-corrected chi connectivity index (χ2v) is 3.31. The van der Waals surface area contributed by atoms with Gasteiger partial charge in [0.05, 0.1) is 18.1 Å². The van der Waals surface area contributed by atoms with E-state index in [0.717, 1.165) is 0 Å². The van der Waals surface area contributed by atoms with Gasteiger partial charge in [-0.2, -0.15) is 0 Å². The lowest BCUT2D eigenvalue weighted by Gasteiger charge is -2.05. The molecule has 0 radical (unpaired) electrons. The molecule has 8 nitrogen and oxygen atoms in total. The van der Waals surface area contributed by atoms with Gasteiger partial charge in [0.25, 0.3) is 5.69 Å².